The van der Waals surface area contributed by atoms with E-state index < -0.39 is 10.7 Å². The van der Waals surface area contributed by atoms with Crippen LogP contribution in [0.3, 0.4) is 0 Å². The molecule has 1 aromatic rings. The lowest BCUT2D eigenvalue weighted by Gasteiger charge is -2.31. The van der Waals surface area contributed by atoms with Crippen LogP contribution in [0.5, 0.6) is 0 Å². The van der Waals surface area contributed by atoms with Gasteiger partial charge in [-0.05, 0) is 34.8 Å². The van der Waals surface area contributed by atoms with E-state index >= 15 is 0 Å². The fourth-order valence-corrected chi connectivity index (χ4v) is 2.96. The highest BCUT2D eigenvalue weighted by atomic mass is 79.9. The van der Waals surface area contributed by atoms with E-state index in [1.54, 1.807) is 0 Å². The summed E-state index contributed by atoms with van der Waals surface area (Å²) >= 11 is 3.04. The molecule has 0 radical (unpaired) electrons. The number of benzene rings is 1. The molecule has 0 saturated heterocycles. The number of hydrogen-bond donors (Lipinski definition) is 2. The molecule has 2 rings (SSSR count). The summed E-state index contributed by atoms with van der Waals surface area (Å²) in [5, 5.41) is 23.5. The number of hydrogen-bond acceptors (Lipinski definition) is 4. The molecule has 1 saturated carbocycles. The maximum Gasteiger partial charge on any atom is 0.295 e. The Balaban J connectivity index is 2.27. The molecule has 0 aliphatic heterocycles. The lowest BCUT2D eigenvalue weighted by atomic mass is 9.85. The van der Waals surface area contributed by atoms with Crippen LogP contribution in [0.1, 0.15) is 25.7 Å². The fraction of sp³-hybridized carbons (Fsp3) is 0.538. The second kappa shape index (κ2) is 6.49. The molecule has 2 unspecified atom stereocenters. The SMILES string of the molecule is O=[N+]([O-])c1cc(F)c(Br)cc1NC1CCCCC1CO. The predicted molar refractivity (Wildman–Crippen MR) is 77.2 cm³/mol. The van der Waals surface area contributed by atoms with Crippen molar-refractivity contribution in [2.45, 2.75) is 31.7 Å². The third-order valence-corrected chi connectivity index (χ3v) is 4.33. The molecular weight excluding hydrogens is 331 g/mol. The normalized spacial score (nSPS) is 22.6. The van der Waals surface area contributed by atoms with Gasteiger partial charge in [-0.25, -0.2) is 4.39 Å². The van der Waals surface area contributed by atoms with E-state index in [4.69, 9.17) is 0 Å². The van der Waals surface area contributed by atoms with Crippen molar-refractivity contribution in [3.8, 4) is 0 Å². The molecule has 1 aliphatic rings. The molecule has 1 fully saturated rings. The average Bonchev–Trinajstić information content (AvgIpc) is 2.43. The lowest BCUT2D eigenvalue weighted by molar-refractivity contribution is -0.384. The minimum absolute atomic E-state index is 0.0233. The first-order valence-corrected chi connectivity index (χ1v) is 7.33. The first kappa shape index (κ1) is 15.2. The maximum atomic E-state index is 13.4. The quantitative estimate of drug-likeness (QED) is 0.646. The maximum absolute atomic E-state index is 13.4. The van der Waals surface area contributed by atoms with Gasteiger partial charge in [0.15, 0.2) is 0 Å². The van der Waals surface area contributed by atoms with E-state index in [9.17, 15) is 19.6 Å². The Labute approximate surface area is 124 Å². The van der Waals surface area contributed by atoms with E-state index in [0.717, 1.165) is 31.7 Å². The second-order valence-electron chi connectivity index (χ2n) is 5.02. The minimum atomic E-state index is -0.662. The molecule has 2 atom stereocenters. The number of nitrogens with one attached hydrogen (secondary N) is 1. The van der Waals surface area contributed by atoms with E-state index in [0.29, 0.717) is 0 Å². The van der Waals surface area contributed by atoms with Gasteiger partial charge in [0.25, 0.3) is 5.69 Å². The predicted octanol–water partition coefficient (Wildman–Crippen LogP) is 3.46. The van der Waals surface area contributed by atoms with Crippen LogP contribution < -0.4 is 5.32 Å². The number of rotatable bonds is 4. The Kier molecular flexibility index (Phi) is 4.93. The zero-order chi connectivity index (χ0) is 14.7. The molecule has 2 N–H and O–H groups in total. The van der Waals surface area contributed by atoms with E-state index in [1.807, 2.05) is 0 Å². The summed E-state index contributed by atoms with van der Waals surface area (Å²) in [4.78, 5) is 10.4. The molecule has 0 bridgehead atoms. The van der Waals surface area contributed by atoms with Crippen LogP contribution in [0, 0.1) is 21.8 Å². The summed E-state index contributed by atoms with van der Waals surface area (Å²) in [7, 11) is 0. The van der Waals surface area contributed by atoms with Gasteiger partial charge < -0.3 is 10.4 Å². The smallest absolute Gasteiger partial charge is 0.295 e. The van der Waals surface area contributed by atoms with Gasteiger partial charge in [0.1, 0.15) is 11.5 Å². The molecule has 0 amide bonds. The first-order valence-electron chi connectivity index (χ1n) is 6.53. The molecular formula is C13H16BrFN2O3. The van der Waals surface area contributed by atoms with Gasteiger partial charge in [-0.1, -0.05) is 12.8 Å². The van der Waals surface area contributed by atoms with Crippen molar-refractivity contribution in [3.63, 3.8) is 0 Å². The van der Waals surface area contributed by atoms with Crippen molar-refractivity contribution >= 4 is 27.3 Å². The highest BCUT2D eigenvalue weighted by Crippen LogP contribution is 2.34. The summed E-state index contributed by atoms with van der Waals surface area (Å²) < 4.78 is 13.6. The largest absolute Gasteiger partial charge is 0.396 e. The number of aliphatic hydroxyl groups excluding tert-OH is 1. The minimum Gasteiger partial charge on any atom is -0.396 e. The summed E-state index contributed by atoms with van der Waals surface area (Å²) in [5.74, 6) is -0.586. The lowest BCUT2D eigenvalue weighted by Crippen LogP contribution is -2.34. The van der Waals surface area contributed by atoms with Gasteiger partial charge in [0.2, 0.25) is 0 Å². The van der Waals surface area contributed by atoms with Crippen molar-refractivity contribution < 1.29 is 14.4 Å². The number of aliphatic hydroxyl groups is 1. The summed E-state index contributed by atoms with van der Waals surface area (Å²) in [5.41, 5.74) is 0.00147. The Morgan fingerprint density at radius 1 is 1.45 bits per heavy atom. The van der Waals surface area contributed by atoms with Crippen molar-refractivity contribution in [2.75, 3.05) is 11.9 Å². The number of nitrogens with zero attached hydrogens (tertiary/aromatic N) is 1. The van der Waals surface area contributed by atoms with Gasteiger partial charge in [0, 0.05) is 18.6 Å². The van der Waals surface area contributed by atoms with Gasteiger partial charge in [-0.3, -0.25) is 10.1 Å². The molecule has 1 aliphatic carbocycles. The van der Waals surface area contributed by atoms with Gasteiger partial charge in [0.05, 0.1) is 15.5 Å². The zero-order valence-electron chi connectivity index (χ0n) is 10.8. The summed E-state index contributed by atoms with van der Waals surface area (Å²) in [6.07, 6.45) is 3.81. The number of halogens is 2. The van der Waals surface area contributed by atoms with Gasteiger partial charge in [-0.15, -0.1) is 0 Å². The van der Waals surface area contributed by atoms with Crippen LogP contribution in [-0.4, -0.2) is 22.7 Å². The van der Waals surface area contributed by atoms with Crippen LogP contribution in [0.4, 0.5) is 15.8 Å². The number of anilines is 1. The van der Waals surface area contributed by atoms with Gasteiger partial charge >= 0.3 is 0 Å². The Bertz CT molecular complexity index is 513. The van der Waals surface area contributed by atoms with Crippen molar-refractivity contribution in [1.82, 2.24) is 0 Å². The van der Waals surface area contributed by atoms with Crippen molar-refractivity contribution in [2.24, 2.45) is 5.92 Å². The Morgan fingerprint density at radius 2 is 2.15 bits per heavy atom. The van der Waals surface area contributed by atoms with Crippen molar-refractivity contribution in [1.29, 1.82) is 0 Å². The van der Waals surface area contributed by atoms with Crippen LogP contribution in [0.15, 0.2) is 16.6 Å². The van der Waals surface area contributed by atoms with Gasteiger partial charge in [-0.2, -0.15) is 0 Å². The van der Waals surface area contributed by atoms with E-state index in [-0.39, 0.29) is 34.4 Å². The molecule has 20 heavy (non-hydrogen) atoms. The van der Waals surface area contributed by atoms with Crippen molar-refractivity contribution in [3.05, 3.63) is 32.5 Å². The highest BCUT2D eigenvalue weighted by Gasteiger charge is 2.27. The van der Waals surface area contributed by atoms with Crippen LogP contribution >= 0.6 is 15.9 Å². The van der Waals surface area contributed by atoms with Crippen LogP contribution in [-0.2, 0) is 0 Å². The van der Waals surface area contributed by atoms with Crippen LogP contribution in [0.25, 0.3) is 0 Å². The Hall–Kier alpha value is -1.21. The summed E-state index contributed by atoms with van der Waals surface area (Å²) in [6.45, 7) is 0.0494. The first-order chi connectivity index (χ1) is 9.52. The van der Waals surface area contributed by atoms with E-state index in [1.165, 1.54) is 6.07 Å². The molecule has 0 spiro atoms. The molecule has 5 nitrogen and oxygen atoms in total. The number of nitro benzene ring substituents is 1. The topological polar surface area (TPSA) is 75.4 Å². The molecule has 7 heteroatoms. The fourth-order valence-electron chi connectivity index (χ4n) is 2.62. The highest BCUT2D eigenvalue weighted by molar-refractivity contribution is 9.10. The second-order valence-corrected chi connectivity index (χ2v) is 5.87. The summed E-state index contributed by atoms with van der Waals surface area (Å²) in [6, 6.07) is 2.27. The molecule has 0 heterocycles. The third kappa shape index (κ3) is 3.27. The average molecular weight is 347 g/mol. The monoisotopic (exact) mass is 346 g/mol. The number of nitro groups is 1. The molecule has 110 valence electrons. The standard InChI is InChI=1S/C13H16BrFN2O3/c14-9-5-12(13(17(19)20)6-10(9)15)16-11-4-2-1-3-8(11)7-18/h5-6,8,11,16,18H,1-4,7H2. The van der Waals surface area contributed by atoms with Crippen LogP contribution in [0.2, 0.25) is 0 Å². The third-order valence-electron chi connectivity index (χ3n) is 3.72. The Morgan fingerprint density at radius 3 is 2.80 bits per heavy atom. The molecule has 0 aromatic heterocycles. The zero-order valence-corrected chi connectivity index (χ0v) is 12.4. The van der Waals surface area contributed by atoms with E-state index in [2.05, 4.69) is 21.2 Å². The molecule has 1 aromatic carbocycles.